The van der Waals surface area contributed by atoms with Gasteiger partial charge in [0.2, 0.25) is 0 Å². The van der Waals surface area contributed by atoms with Gasteiger partial charge in [-0.3, -0.25) is 4.79 Å². The van der Waals surface area contributed by atoms with Crippen LogP contribution in [-0.2, 0) is 0 Å². The molecule has 0 bridgehead atoms. The van der Waals surface area contributed by atoms with E-state index in [1.807, 2.05) is 18.2 Å². The van der Waals surface area contributed by atoms with Gasteiger partial charge in [-0.05, 0) is 97.9 Å². The molecule has 0 saturated carbocycles. The molecule has 30 heavy (non-hydrogen) atoms. The number of likely N-dealkylation sites (N-methyl/N-ethyl adjacent to an activating group) is 1. The van der Waals surface area contributed by atoms with Crippen LogP contribution in [0.4, 0.5) is 5.69 Å². The summed E-state index contributed by atoms with van der Waals surface area (Å²) in [7, 11) is 2.14. The van der Waals surface area contributed by atoms with Crippen LogP contribution in [0.2, 0.25) is 0 Å². The lowest BCUT2D eigenvalue weighted by Gasteiger charge is -2.23. The number of hydrogen-bond donors (Lipinski definition) is 2. The number of nitrogens with one attached hydrogen (secondary N) is 2. The summed E-state index contributed by atoms with van der Waals surface area (Å²) in [5.41, 5.74) is 9.09. The summed E-state index contributed by atoms with van der Waals surface area (Å²) in [5, 5.41) is 6.44. The lowest BCUT2D eigenvalue weighted by atomic mass is 9.94. The van der Waals surface area contributed by atoms with Crippen LogP contribution in [0.1, 0.15) is 45.5 Å². The van der Waals surface area contributed by atoms with E-state index in [2.05, 4.69) is 66.8 Å². The number of hydrogen-bond acceptors (Lipinski definition) is 3. The van der Waals surface area contributed by atoms with Crippen molar-refractivity contribution in [3.05, 3.63) is 76.4 Å². The van der Waals surface area contributed by atoms with Crippen molar-refractivity contribution in [3.8, 4) is 0 Å². The SMILES string of the molecule is Cc1cc(C2=CCNCC2)ccc1NC(=O)c1ccc(C2=CCN(C)CC2)c(C)c1. The Kier molecular flexibility index (Phi) is 6.16. The van der Waals surface area contributed by atoms with Crippen LogP contribution in [0.15, 0.2) is 48.6 Å². The number of benzene rings is 2. The fourth-order valence-corrected chi connectivity index (χ4v) is 4.26. The van der Waals surface area contributed by atoms with Gasteiger partial charge in [-0.15, -0.1) is 0 Å². The highest BCUT2D eigenvalue weighted by Crippen LogP contribution is 2.27. The van der Waals surface area contributed by atoms with Gasteiger partial charge >= 0.3 is 0 Å². The number of carbonyl (C=O) groups is 1. The molecular formula is C26H31N3O. The van der Waals surface area contributed by atoms with Gasteiger partial charge in [0.1, 0.15) is 0 Å². The average Bonchev–Trinajstić information content (AvgIpc) is 2.76. The van der Waals surface area contributed by atoms with Crippen LogP contribution in [-0.4, -0.2) is 44.0 Å². The molecule has 2 N–H and O–H groups in total. The first-order valence-electron chi connectivity index (χ1n) is 10.8. The maximum Gasteiger partial charge on any atom is 0.255 e. The van der Waals surface area contributed by atoms with Crippen LogP contribution in [0.25, 0.3) is 11.1 Å². The van der Waals surface area contributed by atoms with E-state index in [0.717, 1.165) is 55.8 Å². The van der Waals surface area contributed by atoms with E-state index in [1.54, 1.807) is 0 Å². The van der Waals surface area contributed by atoms with Crippen molar-refractivity contribution in [3.63, 3.8) is 0 Å². The van der Waals surface area contributed by atoms with Crippen LogP contribution in [0.5, 0.6) is 0 Å². The molecule has 0 fully saturated rings. The Morgan fingerprint density at radius 3 is 2.53 bits per heavy atom. The van der Waals surface area contributed by atoms with Crippen molar-refractivity contribution in [2.24, 2.45) is 0 Å². The van der Waals surface area contributed by atoms with Gasteiger partial charge in [-0.1, -0.05) is 24.3 Å². The van der Waals surface area contributed by atoms with Gasteiger partial charge in [0.05, 0.1) is 0 Å². The number of anilines is 1. The van der Waals surface area contributed by atoms with Crippen molar-refractivity contribution in [2.75, 3.05) is 38.5 Å². The molecule has 2 aliphatic heterocycles. The quantitative estimate of drug-likeness (QED) is 0.784. The van der Waals surface area contributed by atoms with Crippen molar-refractivity contribution >= 4 is 22.7 Å². The first-order valence-corrected chi connectivity index (χ1v) is 10.8. The van der Waals surface area contributed by atoms with Crippen molar-refractivity contribution < 1.29 is 4.79 Å². The second-order valence-electron chi connectivity index (χ2n) is 8.44. The highest BCUT2D eigenvalue weighted by Gasteiger charge is 2.15. The number of rotatable bonds is 4. The van der Waals surface area contributed by atoms with E-state index in [9.17, 15) is 4.79 Å². The molecule has 156 valence electrons. The predicted molar refractivity (Wildman–Crippen MR) is 126 cm³/mol. The average molecular weight is 402 g/mol. The molecular weight excluding hydrogens is 370 g/mol. The third-order valence-corrected chi connectivity index (χ3v) is 6.16. The van der Waals surface area contributed by atoms with Crippen LogP contribution >= 0.6 is 0 Å². The Morgan fingerprint density at radius 2 is 1.87 bits per heavy atom. The smallest absolute Gasteiger partial charge is 0.255 e. The molecule has 2 aromatic carbocycles. The molecule has 1 amide bonds. The first-order chi connectivity index (χ1) is 14.5. The van der Waals surface area contributed by atoms with Gasteiger partial charge in [-0.2, -0.15) is 0 Å². The summed E-state index contributed by atoms with van der Waals surface area (Å²) in [5.74, 6) is -0.0565. The van der Waals surface area contributed by atoms with Crippen LogP contribution in [0, 0.1) is 13.8 Å². The summed E-state index contributed by atoms with van der Waals surface area (Å²) in [4.78, 5) is 15.2. The standard InChI is InChI=1S/C26H31N3O/c1-18-16-23(4-6-24(18)21-10-14-29(3)15-11-21)26(30)28-25-7-5-22(17-19(25)2)20-8-12-27-13-9-20/h4-8,10,16-17,27H,9,11-15H2,1-3H3,(H,28,30). The Hall–Kier alpha value is -2.69. The lowest BCUT2D eigenvalue weighted by Crippen LogP contribution is -2.23. The highest BCUT2D eigenvalue weighted by atomic mass is 16.1. The lowest BCUT2D eigenvalue weighted by molar-refractivity contribution is 0.102. The van der Waals surface area contributed by atoms with E-state index >= 15 is 0 Å². The Bertz CT molecular complexity index is 1020. The topological polar surface area (TPSA) is 44.4 Å². The predicted octanol–water partition coefficient (Wildman–Crippen LogP) is 4.65. The summed E-state index contributed by atoms with van der Waals surface area (Å²) in [6.45, 7) is 8.16. The maximum absolute atomic E-state index is 12.9. The second-order valence-corrected chi connectivity index (χ2v) is 8.44. The minimum absolute atomic E-state index is 0.0565. The largest absolute Gasteiger partial charge is 0.322 e. The van der Waals surface area contributed by atoms with E-state index in [1.165, 1.54) is 22.3 Å². The number of carbonyl (C=O) groups excluding carboxylic acids is 1. The van der Waals surface area contributed by atoms with Gasteiger partial charge in [0.15, 0.2) is 0 Å². The van der Waals surface area contributed by atoms with Crippen molar-refractivity contribution in [2.45, 2.75) is 26.7 Å². The molecule has 2 heterocycles. The van der Waals surface area contributed by atoms with E-state index in [4.69, 9.17) is 0 Å². The van der Waals surface area contributed by atoms with E-state index in [0.29, 0.717) is 5.56 Å². The zero-order valence-corrected chi connectivity index (χ0v) is 18.2. The van der Waals surface area contributed by atoms with Gasteiger partial charge in [0.25, 0.3) is 5.91 Å². The molecule has 0 spiro atoms. The van der Waals surface area contributed by atoms with Gasteiger partial charge in [0, 0.05) is 30.9 Å². The minimum atomic E-state index is -0.0565. The maximum atomic E-state index is 12.9. The molecule has 0 atom stereocenters. The Labute approximate surface area is 179 Å². The normalized spacial score (nSPS) is 17.3. The molecule has 4 nitrogen and oxygen atoms in total. The Morgan fingerprint density at radius 1 is 1.00 bits per heavy atom. The molecule has 4 heteroatoms. The second kappa shape index (κ2) is 8.99. The van der Waals surface area contributed by atoms with Crippen LogP contribution < -0.4 is 10.6 Å². The first kappa shape index (κ1) is 20.6. The monoisotopic (exact) mass is 401 g/mol. The zero-order chi connectivity index (χ0) is 21.1. The number of amides is 1. The van der Waals surface area contributed by atoms with Crippen LogP contribution in [0.3, 0.4) is 0 Å². The molecule has 2 aromatic rings. The zero-order valence-electron chi connectivity index (χ0n) is 18.2. The fraction of sp³-hybridized carbons (Fsp3) is 0.346. The third-order valence-electron chi connectivity index (χ3n) is 6.16. The molecule has 2 aliphatic rings. The third kappa shape index (κ3) is 4.55. The minimum Gasteiger partial charge on any atom is -0.322 e. The van der Waals surface area contributed by atoms with Crippen molar-refractivity contribution in [1.29, 1.82) is 0 Å². The number of aryl methyl sites for hydroxylation is 2. The van der Waals surface area contributed by atoms with E-state index < -0.39 is 0 Å². The molecule has 0 saturated heterocycles. The highest BCUT2D eigenvalue weighted by molar-refractivity contribution is 6.05. The van der Waals surface area contributed by atoms with E-state index in [-0.39, 0.29) is 5.91 Å². The molecule has 0 aliphatic carbocycles. The molecule has 0 aromatic heterocycles. The van der Waals surface area contributed by atoms with Gasteiger partial charge < -0.3 is 15.5 Å². The Balaban J connectivity index is 1.48. The summed E-state index contributed by atoms with van der Waals surface area (Å²) < 4.78 is 0. The van der Waals surface area contributed by atoms with Gasteiger partial charge in [-0.25, -0.2) is 0 Å². The fourth-order valence-electron chi connectivity index (χ4n) is 4.26. The molecule has 0 radical (unpaired) electrons. The van der Waals surface area contributed by atoms with Crippen molar-refractivity contribution in [1.82, 2.24) is 10.2 Å². The summed E-state index contributed by atoms with van der Waals surface area (Å²) >= 11 is 0. The summed E-state index contributed by atoms with van der Waals surface area (Å²) in [6.07, 6.45) is 6.65. The summed E-state index contributed by atoms with van der Waals surface area (Å²) in [6, 6.07) is 12.4. The molecule has 0 unspecified atom stereocenters. The number of nitrogens with zero attached hydrogens (tertiary/aromatic N) is 1. The molecule has 4 rings (SSSR count).